The molecule has 1 aromatic heterocycles. The normalized spacial score (nSPS) is 10.6. The van der Waals surface area contributed by atoms with Crippen LogP contribution in [0.25, 0.3) is 11.0 Å². The Labute approximate surface area is 128 Å². The number of nitrogens with zero attached hydrogens (tertiary/aromatic N) is 2. The van der Waals surface area contributed by atoms with Crippen LogP contribution in [0.2, 0.25) is 0 Å². The molecule has 1 heterocycles. The smallest absolute Gasteiger partial charge is 0.171 e. The van der Waals surface area contributed by atoms with Gasteiger partial charge in [-0.3, -0.25) is 0 Å². The number of aromatic nitrogens is 2. The lowest BCUT2D eigenvalue weighted by atomic mass is 10.2. The molecule has 3 rings (SSSR count). The van der Waals surface area contributed by atoms with Crippen molar-refractivity contribution in [1.29, 1.82) is 5.26 Å². The Bertz CT molecular complexity index is 835. The standard InChI is InChI=1S/C14H9BrN4S/c15-9-1-4-13(8(5-9)7-16)20-14-18-11-3-2-10(17)6-12(11)19-14/h1-6H,17H2,(H,18,19). The third-order valence-corrected chi connectivity index (χ3v) is 4.21. The van der Waals surface area contributed by atoms with Crippen LogP contribution in [0.5, 0.6) is 0 Å². The van der Waals surface area contributed by atoms with Gasteiger partial charge in [0, 0.05) is 15.1 Å². The summed E-state index contributed by atoms with van der Waals surface area (Å²) in [6.07, 6.45) is 0. The molecule has 0 saturated heterocycles. The molecule has 98 valence electrons. The number of hydrogen-bond acceptors (Lipinski definition) is 4. The van der Waals surface area contributed by atoms with Gasteiger partial charge in [-0.2, -0.15) is 5.26 Å². The van der Waals surface area contributed by atoms with Gasteiger partial charge >= 0.3 is 0 Å². The number of imidazole rings is 1. The number of hydrogen-bond donors (Lipinski definition) is 2. The molecule has 0 spiro atoms. The summed E-state index contributed by atoms with van der Waals surface area (Å²) >= 11 is 4.79. The van der Waals surface area contributed by atoms with Crippen LogP contribution in [0.1, 0.15) is 5.56 Å². The highest BCUT2D eigenvalue weighted by Gasteiger charge is 2.09. The molecule has 0 amide bonds. The van der Waals surface area contributed by atoms with Crippen molar-refractivity contribution in [2.75, 3.05) is 5.73 Å². The summed E-state index contributed by atoms with van der Waals surface area (Å²) in [6.45, 7) is 0. The van der Waals surface area contributed by atoms with Crippen molar-refractivity contribution in [1.82, 2.24) is 9.97 Å². The Balaban J connectivity index is 1.99. The summed E-state index contributed by atoms with van der Waals surface area (Å²) in [6, 6.07) is 13.3. The van der Waals surface area contributed by atoms with Crippen molar-refractivity contribution in [3.05, 3.63) is 46.4 Å². The quantitative estimate of drug-likeness (QED) is 0.690. The van der Waals surface area contributed by atoms with Crippen LogP contribution < -0.4 is 5.73 Å². The van der Waals surface area contributed by atoms with E-state index in [1.165, 1.54) is 11.8 Å². The van der Waals surface area contributed by atoms with Gasteiger partial charge < -0.3 is 10.7 Å². The van der Waals surface area contributed by atoms with Gasteiger partial charge in [-0.1, -0.05) is 27.7 Å². The van der Waals surface area contributed by atoms with Gasteiger partial charge in [0.05, 0.1) is 16.6 Å². The second kappa shape index (κ2) is 5.19. The van der Waals surface area contributed by atoms with Gasteiger partial charge in [0.15, 0.2) is 5.16 Å². The number of benzene rings is 2. The van der Waals surface area contributed by atoms with Crippen LogP contribution in [0.4, 0.5) is 5.69 Å². The molecule has 0 fully saturated rings. The summed E-state index contributed by atoms with van der Waals surface area (Å²) in [4.78, 5) is 8.54. The molecule has 4 nitrogen and oxygen atoms in total. The van der Waals surface area contributed by atoms with E-state index in [9.17, 15) is 0 Å². The molecule has 0 bridgehead atoms. The van der Waals surface area contributed by atoms with E-state index in [4.69, 9.17) is 11.0 Å². The van der Waals surface area contributed by atoms with E-state index in [2.05, 4.69) is 32.0 Å². The minimum absolute atomic E-state index is 0.615. The first-order valence-corrected chi connectivity index (χ1v) is 7.39. The lowest BCUT2D eigenvalue weighted by Gasteiger charge is -2.01. The Kier molecular flexibility index (Phi) is 3.38. The number of nitrogens with two attached hydrogens (primary N) is 1. The molecule has 0 aliphatic carbocycles. The number of anilines is 1. The van der Waals surface area contributed by atoms with E-state index in [0.29, 0.717) is 11.3 Å². The Hall–Kier alpha value is -1.97. The summed E-state index contributed by atoms with van der Waals surface area (Å²) < 4.78 is 0.885. The first kappa shape index (κ1) is 13.0. The van der Waals surface area contributed by atoms with Crippen molar-refractivity contribution in [2.24, 2.45) is 0 Å². The molecular formula is C14H9BrN4S. The second-order valence-electron chi connectivity index (χ2n) is 4.17. The van der Waals surface area contributed by atoms with Gasteiger partial charge in [0.2, 0.25) is 0 Å². The van der Waals surface area contributed by atoms with Crippen LogP contribution in [-0.2, 0) is 0 Å². The molecule has 0 aliphatic rings. The Morgan fingerprint density at radius 3 is 2.90 bits per heavy atom. The summed E-state index contributed by atoms with van der Waals surface area (Å²) in [7, 11) is 0. The molecular weight excluding hydrogens is 336 g/mol. The van der Waals surface area contributed by atoms with Crippen molar-refractivity contribution in [3.8, 4) is 6.07 Å². The van der Waals surface area contributed by atoms with Crippen molar-refractivity contribution in [2.45, 2.75) is 10.1 Å². The molecule has 0 radical (unpaired) electrons. The summed E-state index contributed by atoms with van der Waals surface area (Å²) in [5.74, 6) is 0. The average molecular weight is 345 g/mol. The van der Waals surface area contributed by atoms with E-state index < -0.39 is 0 Å². The zero-order chi connectivity index (χ0) is 14.1. The number of nitrogen functional groups attached to an aromatic ring is 1. The maximum atomic E-state index is 9.17. The number of nitrogens with one attached hydrogen (secondary N) is 1. The maximum Gasteiger partial charge on any atom is 0.171 e. The highest BCUT2D eigenvalue weighted by atomic mass is 79.9. The fourth-order valence-electron chi connectivity index (χ4n) is 1.83. The molecule has 2 aromatic carbocycles. The van der Waals surface area contributed by atoms with Gasteiger partial charge in [-0.15, -0.1) is 0 Å². The molecule has 3 N–H and O–H groups in total. The van der Waals surface area contributed by atoms with E-state index in [1.807, 2.05) is 30.3 Å². The number of halogens is 1. The lowest BCUT2D eigenvalue weighted by molar-refractivity contribution is 1.08. The third kappa shape index (κ3) is 2.50. The first-order valence-electron chi connectivity index (χ1n) is 5.78. The Morgan fingerprint density at radius 2 is 2.10 bits per heavy atom. The van der Waals surface area contributed by atoms with Gasteiger partial charge in [0.1, 0.15) is 6.07 Å². The Morgan fingerprint density at radius 1 is 1.25 bits per heavy atom. The number of H-pyrrole nitrogens is 1. The minimum atomic E-state index is 0.615. The fourth-order valence-corrected chi connectivity index (χ4v) is 3.06. The van der Waals surface area contributed by atoms with Gasteiger partial charge in [-0.25, -0.2) is 4.98 Å². The highest BCUT2D eigenvalue weighted by molar-refractivity contribution is 9.10. The molecule has 0 atom stereocenters. The monoisotopic (exact) mass is 344 g/mol. The third-order valence-electron chi connectivity index (χ3n) is 2.75. The molecule has 0 saturated carbocycles. The zero-order valence-electron chi connectivity index (χ0n) is 10.2. The van der Waals surface area contributed by atoms with Crippen LogP contribution in [-0.4, -0.2) is 9.97 Å². The number of aromatic amines is 1. The number of fused-ring (bicyclic) bond motifs is 1. The average Bonchev–Trinajstić information content (AvgIpc) is 2.82. The van der Waals surface area contributed by atoms with Gasteiger partial charge in [0.25, 0.3) is 0 Å². The topological polar surface area (TPSA) is 78.5 Å². The molecule has 6 heteroatoms. The molecule has 3 aromatic rings. The lowest BCUT2D eigenvalue weighted by Crippen LogP contribution is -1.83. The number of nitriles is 1. The summed E-state index contributed by atoms with van der Waals surface area (Å²) in [5, 5.41) is 9.91. The van der Waals surface area contributed by atoms with Crippen molar-refractivity contribution in [3.63, 3.8) is 0 Å². The first-order chi connectivity index (χ1) is 9.65. The van der Waals surface area contributed by atoms with Crippen molar-refractivity contribution >= 4 is 44.4 Å². The van der Waals surface area contributed by atoms with Crippen LogP contribution in [0.15, 0.2) is 50.9 Å². The van der Waals surface area contributed by atoms with E-state index in [1.54, 1.807) is 6.07 Å². The van der Waals surface area contributed by atoms with E-state index in [-0.39, 0.29) is 0 Å². The predicted octanol–water partition coefficient (Wildman–Crippen LogP) is 3.93. The second-order valence-corrected chi connectivity index (χ2v) is 6.12. The van der Waals surface area contributed by atoms with E-state index >= 15 is 0 Å². The van der Waals surface area contributed by atoms with Gasteiger partial charge in [-0.05, 0) is 36.4 Å². The molecule has 0 unspecified atom stereocenters. The number of rotatable bonds is 2. The van der Waals surface area contributed by atoms with Crippen molar-refractivity contribution < 1.29 is 0 Å². The maximum absolute atomic E-state index is 9.17. The molecule has 20 heavy (non-hydrogen) atoms. The largest absolute Gasteiger partial charge is 0.399 e. The SMILES string of the molecule is N#Cc1cc(Br)ccc1Sc1nc2ccc(N)cc2[nH]1. The minimum Gasteiger partial charge on any atom is -0.399 e. The zero-order valence-corrected chi connectivity index (χ0v) is 12.6. The predicted molar refractivity (Wildman–Crippen MR) is 83.5 cm³/mol. The van der Waals surface area contributed by atoms with Crippen LogP contribution in [0, 0.1) is 11.3 Å². The van der Waals surface area contributed by atoms with Crippen LogP contribution in [0.3, 0.4) is 0 Å². The van der Waals surface area contributed by atoms with E-state index in [0.717, 1.165) is 25.6 Å². The molecule has 0 aliphatic heterocycles. The fraction of sp³-hybridized carbons (Fsp3) is 0. The summed E-state index contributed by atoms with van der Waals surface area (Å²) in [5.41, 5.74) is 8.80. The highest BCUT2D eigenvalue weighted by Crippen LogP contribution is 2.31. The van der Waals surface area contributed by atoms with Crippen LogP contribution >= 0.6 is 27.7 Å².